The van der Waals surface area contributed by atoms with Gasteiger partial charge in [-0.2, -0.15) is 0 Å². The minimum Gasteiger partial charge on any atom is -0.507 e. The Morgan fingerprint density at radius 2 is 1.74 bits per heavy atom. The second-order valence-electron chi connectivity index (χ2n) is 4.76. The van der Waals surface area contributed by atoms with Gasteiger partial charge in [0.1, 0.15) is 18.1 Å². The summed E-state index contributed by atoms with van der Waals surface area (Å²) in [4.78, 5) is 0. The number of ether oxygens (including phenoxy) is 1. The minimum atomic E-state index is 0.309. The molecule has 0 bridgehead atoms. The van der Waals surface area contributed by atoms with Crippen LogP contribution in [0.5, 0.6) is 11.5 Å². The summed E-state index contributed by atoms with van der Waals surface area (Å²) >= 11 is 0. The van der Waals surface area contributed by atoms with Gasteiger partial charge in [-0.1, -0.05) is 42.5 Å². The van der Waals surface area contributed by atoms with E-state index in [4.69, 9.17) is 4.74 Å². The number of fused-ring (bicyclic) bond motifs is 5. The van der Waals surface area contributed by atoms with E-state index >= 15 is 0 Å². The Kier molecular flexibility index (Phi) is 2.06. The first kappa shape index (κ1) is 10.4. The SMILES string of the molecule is Oc1cc2ccccc2c2c1COc1ccccc1-2. The number of benzene rings is 3. The standard InChI is InChI=1S/C17H12O2/c18-15-9-11-5-1-2-6-12(11)17-13-7-3-4-8-16(13)19-10-14(15)17/h1-9,18H,10H2. The summed E-state index contributed by atoms with van der Waals surface area (Å²) in [6, 6.07) is 17.9. The number of aromatic hydroxyl groups is 1. The van der Waals surface area contributed by atoms with E-state index in [1.54, 1.807) is 0 Å². The fraction of sp³-hybridized carbons (Fsp3) is 0.0588. The number of phenolic OH excluding ortho intramolecular Hbond substituents is 1. The van der Waals surface area contributed by atoms with Crippen molar-refractivity contribution in [3.63, 3.8) is 0 Å². The zero-order valence-corrected chi connectivity index (χ0v) is 10.3. The highest BCUT2D eigenvalue weighted by molar-refractivity contribution is 6.01. The van der Waals surface area contributed by atoms with Crippen molar-refractivity contribution in [3.05, 3.63) is 60.2 Å². The second-order valence-corrected chi connectivity index (χ2v) is 4.76. The first-order chi connectivity index (χ1) is 9.34. The van der Waals surface area contributed by atoms with E-state index < -0.39 is 0 Å². The number of phenols is 1. The largest absolute Gasteiger partial charge is 0.507 e. The molecule has 1 aliphatic heterocycles. The molecule has 1 heterocycles. The maximum atomic E-state index is 10.2. The molecule has 0 amide bonds. The van der Waals surface area contributed by atoms with Crippen LogP contribution >= 0.6 is 0 Å². The van der Waals surface area contributed by atoms with Crippen LogP contribution in [-0.2, 0) is 6.61 Å². The molecule has 3 aromatic rings. The zero-order chi connectivity index (χ0) is 12.8. The average Bonchev–Trinajstić information content (AvgIpc) is 2.47. The molecule has 2 heteroatoms. The van der Waals surface area contributed by atoms with Crippen molar-refractivity contribution >= 4 is 10.8 Å². The molecule has 0 fully saturated rings. The van der Waals surface area contributed by atoms with Crippen molar-refractivity contribution < 1.29 is 9.84 Å². The Morgan fingerprint density at radius 3 is 2.68 bits per heavy atom. The molecule has 0 saturated heterocycles. The quantitative estimate of drug-likeness (QED) is 0.649. The second kappa shape index (κ2) is 3.75. The Balaban J connectivity index is 2.19. The topological polar surface area (TPSA) is 29.5 Å². The molecule has 1 N–H and O–H groups in total. The Morgan fingerprint density at radius 1 is 0.947 bits per heavy atom. The maximum absolute atomic E-state index is 10.2. The summed E-state index contributed by atoms with van der Waals surface area (Å²) in [5, 5.41) is 12.4. The fourth-order valence-corrected chi connectivity index (χ4v) is 2.78. The molecule has 0 saturated carbocycles. The maximum Gasteiger partial charge on any atom is 0.127 e. The van der Waals surface area contributed by atoms with Gasteiger partial charge in [-0.15, -0.1) is 0 Å². The van der Waals surface area contributed by atoms with E-state index in [9.17, 15) is 5.11 Å². The summed E-state index contributed by atoms with van der Waals surface area (Å²) in [6.45, 7) is 0.420. The molecular formula is C17H12O2. The van der Waals surface area contributed by atoms with E-state index in [1.165, 1.54) is 0 Å². The van der Waals surface area contributed by atoms with Crippen LogP contribution in [0.2, 0.25) is 0 Å². The zero-order valence-electron chi connectivity index (χ0n) is 10.3. The fourth-order valence-electron chi connectivity index (χ4n) is 2.78. The lowest BCUT2D eigenvalue weighted by Crippen LogP contribution is -2.06. The van der Waals surface area contributed by atoms with Gasteiger partial charge in [-0.3, -0.25) is 0 Å². The first-order valence-electron chi connectivity index (χ1n) is 6.30. The van der Waals surface area contributed by atoms with Gasteiger partial charge in [0, 0.05) is 16.7 Å². The summed E-state index contributed by atoms with van der Waals surface area (Å²) in [5.74, 6) is 1.19. The highest BCUT2D eigenvalue weighted by Crippen LogP contribution is 2.44. The van der Waals surface area contributed by atoms with E-state index in [0.29, 0.717) is 12.4 Å². The molecule has 0 aromatic heterocycles. The van der Waals surface area contributed by atoms with Gasteiger partial charge in [-0.05, 0) is 22.9 Å². The Bertz CT molecular complexity index is 790. The molecule has 4 rings (SSSR count). The van der Waals surface area contributed by atoms with Crippen molar-refractivity contribution in [3.8, 4) is 22.6 Å². The average molecular weight is 248 g/mol. The third-order valence-electron chi connectivity index (χ3n) is 3.66. The van der Waals surface area contributed by atoms with E-state index in [1.807, 2.05) is 48.5 Å². The van der Waals surface area contributed by atoms with Crippen molar-refractivity contribution in [2.75, 3.05) is 0 Å². The van der Waals surface area contributed by atoms with Crippen LogP contribution in [0.15, 0.2) is 54.6 Å². The molecular weight excluding hydrogens is 236 g/mol. The number of para-hydroxylation sites is 1. The van der Waals surface area contributed by atoms with Crippen molar-refractivity contribution in [2.24, 2.45) is 0 Å². The predicted molar refractivity (Wildman–Crippen MR) is 75.4 cm³/mol. The number of rotatable bonds is 0. The molecule has 0 spiro atoms. The highest BCUT2D eigenvalue weighted by Gasteiger charge is 2.22. The molecule has 2 nitrogen and oxygen atoms in total. The third kappa shape index (κ3) is 1.43. The van der Waals surface area contributed by atoms with Gasteiger partial charge in [0.15, 0.2) is 0 Å². The van der Waals surface area contributed by atoms with E-state index in [2.05, 4.69) is 6.07 Å². The van der Waals surface area contributed by atoms with Crippen molar-refractivity contribution in [1.82, 2.24) is 0 Å². The van der Waals surface area contributed by atoms with Crippen LogP contribution < -0.4 is 4.74 Å². The number of hydrogen-bond acceptors (Lipinski definition) is 2. The summed E-state index contributed by atoms with van der Waals surface area (Å²) < 4.78 is 5.72. The van der Waals surface area contributed by atoms with E-state index in [0.717, 1.165) is 33.2 Å². The number of hydrogen-bond donors (Lipinski definition) is 1. The molecule has 0 radical (unpaired) electrons. The lowest BCUT2D eigenvalue weighted by molar-refractivity contribution is 0.295. The minimum absolute atomic E-state index is 0.309. The predicted octanol–water partition coefficient (Wildman–Crippen LogP) is 4.10. The normalized spacial score (nSPS) is 12.6. The molecule has 3 aromatic carbocycles. The van der Waals surface area contributed by atoms with Gasteiger partial charge >= 0.3 is 0 Å². The molecule has 0 atom stereocenters. The first-order valence-corrected chi connectivity index (χ1v) is 6.30. The van der Waals surface area contributed by atoms with Crippen LogP contribution in [0.25, 0.3) is 21.9 Å². The van der Waals surface area contributed by atoms with Crippen LogP contribution in [0.4, 0.5) is 0 Å². The molecule has 19 heavy (non-hydrogen) atoms. The van der Waals surface area contributed by atoms with Crippen LogP contribution in [-0.4, -0.2) is 5.11 Å². The van der Waals surface area contributed by atoms with Gasteiger partial charge in [0.2, 0.25) is 0 Å². The van der Waals surface area contributed by atoms with Crippen LogP contribution in [0.1, 0.15) is 5.56 Å². The van der Waals surface area contributed by atoms with Gasteiger partial charge in [0.25, 0.3) is 0 Å². The Labute approximate surface area is 110 Å². The van der Waals surface area contributed by atoms with Crippen molar-refractivity contribution in [1.29, 1.82) is 0 Å². The van der Waals surface area contributed by atoms with Gasteiger partial charge in [-0.25, -0.2) is 0 Å². The monoisotopic (exact) mass is 248 g/mol. The molecule has 0 unspecified atom stereocenters. The van der Waals surface area contributed by atoms with Crippen molar-refractivity contribution in [2.45, 2.75) is 6.61 Å². The van der Waals surface area contributed by atoms with Gasteiger partial charge < -0.3 is 9.84 Å². The molecule has 0 aliphatic carbocycles. The van der Waals surface area contributed by atoms with Gasteiger partial charge in [0.05, 0.1) is 0 Å². The summed E-state index contributed by atoms with van der Waals surface area (Å²) in [5.41, 5.74) is 3.02. The van der Waals surface area contributed by atoms with Crippen LogP contribution in [0, 0.1) is 0 Å². The summed E-state index contributed by atoms with van der Waals surface area (Å²) in [7, 11) is 0. The molecule has 92 valence electrons. The smallest absolute Gasteiger partial charge is 0.127 e. The molecule has 1 aliphatic rings. The van der Waals surface area contributed by atoms with E-state index in [-0.39, 0.29) is 0 Å². The van der Waals surface area contributed by atoms with Crippen LogP contribution in [0.3, 0.4) is 0 Å². The lowest BCUT2D eigenvalue weighted by Gasteiger charge is -2.23. The highest BCUT2D eigenvalue weighted by atomic mass is 16.5. The Hall–Kier alpha value is -2.48. The summed E-state index contributed by atoms with van der Waals surface area (Å²) in [6.07, 6.45) is 0. The third-order valence-corrected chi connectivity index (χ3v) is 3.66. The lowest BCUT2D eigenvalue weighted by atomic mass is 9.91.